The fraction of sp³-hybridized carbons (Fsp3) is 0.381. The molecule has 136 valence electrons. The van der Waals surface area contributed by atoms with E-state index in [0.717, 1.165) is 50.7 Å². The largest absolute Gasteiger partial charge is 0.312 e. The maximum Gasteiger partial charge on any atom is 0.230 e. The average molecular weight is 356 g/mol. The van der Waals surface area contributed by atoms with Gasteiger partial charge in [0, 0.05) is 36.3 Å². The molecule has 5 heteroatoms. The second kappa shape index (κ2) is 7.16. The van der Waals surface area contributed by atoms with Gasteiger partial charge in [-0.15, -0.1) is 0 Å². The molecule has 0 spiro atoms. The average Bonchev–Trinajstić information content (AvgIpc) is 3.08. The molecule has 0 radical (unpaired) electrons. The van der Waals surface area contributed by atoms with Crippen molar-refractivity contribution in [2.24, 2.45) is 5.92 Å². The van der Waals surface area contributed by atoms with Crippen molar-refractivity contribution < 1.29 is 13.6 Å². The maximum atomic E-state index is 13.8. The van der Waals surface area contributed by atoms with Crippen LogP contribution in [0, 0.1) is 17.6 Å². The molecule has 2 aliphatic rings. The van der Waals surface area contributed by atoms with Crippen LogP contribution in [0.4, 0.5) is 14.5 Å². The summed E-state index contributed by atoms with van der Waals surface area (Å²) < 4.78 is 26.9. The first kappa shape index (κ1) is 17.2. The predicted molar refractivity (Wildman–Crippen MR) is 96.9 cm³/mol. The number of carbonyl (C=O) groups is 1. The number of hydrogen-bond acceptors (Lipinski definition) is 2. The van der Waals surface area contributed by atoms with Crippen molar-refractivity contribution in [2.45, 2.75) is 25.8 Å². The quantitative estimate of drug-likeness (QED) is 0.836. The highest BCUT2D eigenvalue weighted by Gasteiger charge is 2.32. The second-order valence-electron chi connectivity index (χ2n) is 7.15. The van der Waals surface area contributed by atoms with Gasteiger partial charge in [0.25, 0.3) is 0 Å². The third-order valence-corrected chi connectivity index (χ3v) is 5.50. The van der Waals surface area contributed by atoms with Crippen LogP contribution in [0.15, 0.2) is 42.5 Å². The molecule has 0 unspecified atom stereocenters. The molecule has 3 nitrogen and oxygen atoms in total. The highest BCUT2D eigenvalue weighted by Crippen LogP contribution is 2.31. The van der Waals surface area contributed by atoms with Crippen molar-refractivity contribution in [3.8, 4) is 0 Å². The molecule has 2 aromatic carbocycles. The van der Waals surface area contributed by atoms with Crippen LogP contribution < -0.4 is 4.90 Å². The van der Waals surface area contributed by atoms with Gasteiger partial charge in [0.05, 0.1) is 0 Å². The van der Waals surface area contributed by atoms with Gasteiger partial charge in [0.1, 0.15) is 11.6 Å². The number of carbonyl (C=O) groups excluding carboxylic acids is 1. The third kappa shape index (κ3) is 3.36. The summed E-state index contributed by atoms with van der Waals surface area (Å²) in [4.78, 5) is 17.0. The fourth-order valence-corrected chi connectivity index (χ4v) is 4.02. The minimum absolute atomic E-state index is 0.0236. The zero-order chi connectivity index (χ0) is 18.1. The normalized spacial score (nSPS) is 18.2. The molecule has 0 N–H and O–H groups in total. The van der Waals surface area contributed by atoms with Gasteiger partial charge >= 0.3 is 0 Å². The molecule has 0 atom stereocenters. The Bertz CT molecular complexity index is 815. The Labute approximate surface area is 152 Å². The first-order valence-corrected chi connectivity index (χ1v) is 9.17. The van der Waals surface area contributed by atoms with E-state index in [2.05, 4.69) is 11.0 Å². The monoisotopic (exact) mass is 356 g/mol. The van der Waals surface area contributed by atoms with Gasteiger partial charge in [-0.2, -0.15) is 0 Å². The lowest BCUT2D eigenvalue weighted by atomic mass is 9.94. The van der Waals surface area contributed by atoms with Crippen LogP contribution in [0.25, 0.3) is 0 Å². The molecule has 26 heavy (non-hydrogen) atoms. The van der Waals surface area contributed by atoms with E-state index < -0.39 is 11.6 Å². The molecule has 1 fully saturated rings. The maximum absolute atomic E-state index is 13.8. The number of anilines is 1. The van der Waals surface area contributed by atoms with Gasteiger partial charge < -0.3 is 4.90 Å². The van der Waals surface area contributed by atoms with Gasteiger partial charge in [0.15, 0.2) is 0 Å². The Morgan fingerprint density at radius 1 is 1.04 bits per heavy atom. The number of benzene rings is 2. The van der Waals surface area contributed by atoms with E-state index in [-0.39, 0.29) is 11.8 Å². The topological polar surface area (TPSA) is 23.6 Å². The summed E-state index contributed by atoms with van der Waals surface area (Å²) in [5.41, 5.74) is 2.79. The highest BCUT2D eigenvalue weighted by atomic mass is 19.1. The van der Waals surface area contributed by atoms with Crippen molar-refractivity contribution in [1.29, 1.82) is 0 Å². The first-order valence-electron chi connectivity index (χ1n) is 9.17. The lowest BCUT2D eigenvalue weighted by molar-refractivity contribution is -0.123. The Morgan fingerprint density at radius 2 is 1.81 bits per heavy atom. The molecule has 1 amide bonds. The third-order valence-electron chi connectivity index (χ3n) is 5.50. The Balaban J connectivity index is 1.36. The zero-order valence-corrected chi connectivity index (χ0v) is 14.6. The van der Waals surface area contributed by atoms with Gasteiger partial charge in [-0.05, 0) is 50.0 Å². The predicted octanol–water partition coefficient (Wildman–Crippen LogP) is 3.77. The van der Waals surface area contributed by atoms with Crippen LogP contribution in [0.3, 0.4) is 0 Å². The Hall–Kier alpha value is -2.27. The van der Waals surface area contributed by atoms with Crippen molar-refractivity contribution in [2.75, 3.05) is 24.5 Å². The van der Waals surface area contributed by atoms with E-state index >= 15 is 0 Å². The van der Waals surface area contributed by atoms with Crippen LogP contribution in [0.2, 0.25) is 0 Å². The lowest BCUT2D eigenvalue weighted by Crippen LogP contribution is -2.42. The first-order chi connectivity index (χ1) is 12.6. The molecule has 4 rings (SSSR count). The molecule has 1 saturated heterocycles. The van der Waals surface area contributed by atoms with Crippen LogP contribution in [0.1, 0.15) is 24.0 Å². The summed E-state index contributed by atoms with van der Waals surface area (Å²) in [5, 5.41) is 0. The summed E-state index contributed by atoms with van der Waals surface area (Å²) in [6.45, 7) is 2.73. The molecular formula is C21H22F2N2O. The molecule has 0 bridgehead atoms. The molecule has 0 aliphatic carbocycles. The molecular weight excluding hydrogens is 334 g/mol. The summed E-state index contributed by atoms with van der Waals surface area (Å²) in [6, 6.07) is 11.8. The van der Waals surface area contributed by atoms with Crippen LogP contribution in [-0.4, -0.2) is 30.4 Å². The smallest absolute Gasteiger partial charge is 0.230 e. The highest BCUT2D eigenvalue weighted by molar-refractivity contribution is 5.97. The van der Waals surface area contributed by atoms with Crippen LogP contribution in [0.5, 0.6) is 0 Å². The second-order valence-corrected chi connectivity index (χ2v) is 7.15. The van der Waals surface area contributed by atoms with E-state index in [9.17, 15) is 13.6 Å². The van der Waals surface area contributed by atoms with Crippen molar-refractivity contribution in [1.82, 2.24) is 4.90 Å². The SMILES string of the molecule is O=C(C1CCN(Cc2ccc(F)cc2F)CC1)N1CCc2ccccc21. The van der Waals surface area contributed by atoms with Gasteiger partial charge in [-0.3, -0.25) is 9.69 Å². The van der Waals surface area contributed by atoms with Crippen LogP contribution >= 0.6 is 0 Å². The van der Waals surface area contributed by atoms with Crippen molar-refractivity contribution >= 4 is 11.6 Å². The van der Waals surface area contributed by atoms with Crippen molar-refractivity contribution in [3.05, 3.63) is 65.2 Å². The minimum atomic E-state index is -0.554. The van der Waals surface area contributed by atoms with Crippen LogP contribution in [-0.2, 0) is 17.8 Å². The Morgan fingerprint density at radius 3 is 2.58 bits per heavy atom. The van der Waals surface area contributed by atoms with Gasteiger partial charge in [-0.25, -0.2) is 8.78 Å². The number of hydrogen-bond donors (Lipinski definition) is 0. The van der Waals surface area contributed by atoms with E-state index in [1.165, 1.54) is 17.7 Å². The molecule has 2 aromatic rings. The number of amides is 1. The fourth-order valence-electron chi connectivity index (χ4n) is 4.02. The number of rotatable bonds is 3. The Kier molecular flexibility index (Phi) is 4.72. The number of fused-ring (bicyclic) bond motifs is 1. The molecule has 0 aromatic heterocycles. The summed E-state index contributed by atoms with van der Waals surface area (Å²) in [5.74, 6) is -0.823. The summed E-state index contributed by atoms with van der Waals surface area (Å²) >= 11 is 0. The standard InChI is InChI=1S/C21H22F2N2O/c22-18-6-5-17(19(23)13-18)14-24-10-7-16(8-11-24)21(26)25-12-9-15-3-1-2-4-20(15)25/h1-6,13,16H,7-12,14H2. The summed E-state index contributed by atoms with van der Waals surface area (Å²) in [7, 11) is 0. The van der Waals surface area contributed by atoms with E-state index in [1.807, 2.05) is 23.1 Å². The lowest BCUT2D eigenvalue weighted by Gasteiger charge is -2.33. The minimum Gasteiger partial charge on any atom is -0.312 e. The molecule has 2 aliphatic heterocycles. The number of piperidine rings is 1. The molecule has 0 saturated carbocycles. The molecule has 2 heterocycles. The zero-order valence-electron chi connectivity index (χ0n) is 14.6. The number of halogens is 2. The number of nitrogens with zero attached hydrogens (tertiary/aromatic N) is 2. The van der Waals surface area contributed by atoms with E-state index in [4.69, 9.17) is 0 Å². The van der Waals surface area contributed by atoms with Crippen molar-refractivity contribution in [3.63, 3.8) is 0 Å². The van der Waals surface area contributed by atoms with Gasteiger partial charge in [0.2, 0.25) is 5.91 Å². The van der Waals surface area contributed by atoms with E-state index in [0.29, 0.717) is 12.1 Å². The number of likely N-dealkylation sites (tertiary alicyclic amines) is 1. The summed E-state index contributed by atoms with van der Waals surface area (Å²) in [6.07, 6.45) is 2.48. The van der Waals surface area contributed by atoms with Gasteiger partial charge in [-0.1, -0.05) is 24.3 Å². The number of para-hydroxylation sites is 1. The van der Waals surface area contributed by atoms with E-state index in [1.54, 1.807) is 0 Å².